The Balaban J connectivity index is 3.59. The summed E-state index contributed by atoms with van der Waals surface area (Å²) in [6, 6.07) is 0. The summed E-state index contributed by atoms with van der Waals surface area (Å²) in [6.45, 7) is 2.22. The van der Waals surface area contributed by atoms with Gasteiger partial charge in [0.1, 0.15) is 0 Å². The molecule has 1 atom stereocenters. The highest BCUT2D eigenvalue weighted by molar-refractivity contribution is 5.66. The van der Waals surface area contributed by atoms with Crippen molar-refractivity contribution in [1.82, 2.24) is 0 Å². The standard InChI is InChI=1S/C20H32O3/c1-2-3-4-5-6-7-8-9-10-11-12-13-14-16-19(21)17-15-18-20(22)23/h6-7,9-10,12-14,16,19,21H,2-5,8,11,15,17-18H2,1H3,(H,22,23)/b7-6-,10-9-,13-12+,16-14+/t19-/m1/s1. The van der Waals surface area contributed by atoms with Gasteiger partial charge in [-0.05, 0) is 38.5 Å². The van der Waals surface area contributed by atoms with E-state index in [0.29, 0.717) is 12.8 Å². The van der Waals surface area contributed by atoms with Crippen LogP contribution in [0.25, 0.3) is 0 Å². The number of carboxylic acids is 1. The minimum Gasteiger partial charge on any atom is -0.481 e. The Morgan fingerprint density at radius 2 is 1.65 bits per heavy atom. The Morgan fingerprint density at radius 3 is 2.35 bits per heavy atom. The summed E-state index contributed by atoms with van der Waals surface area (Å²) in [5.41, 5.74) is 0. The van der Waals surface area contributed by atoms with Crippen LogP contribution in [0, 0.1) is 0 Å². The molecule has 23 heavy (non-hydrogen) atoms. The van der Waals surface area contributed by atoms with Crippen molar-refractivity contribution in [2.75, 3.05) is 0 Å². The molecule has 3 heteroatoms. The lowest BCUT2D eigenvalue weighted by Gasteiger charge is -2.02. The van der Waals surface area contributed by atoms with Gasteiger partial charge in [0.05, 0.1) is 6.10 Å². The lowest BCUT2D eigenvalue weighted by Crippen LogP contribution is -2.03. The van der Waals surface area contributed by atoms with E-state index in [4.69, 9.17) is 5.11 Å². The molecular weight excluding hydrogens is 288 g/mol. The second-order valence-corrected chi connectivity index (χ2v) is 5.58. The van der Waals surface area contributed by atoms with Crippen molar-refractivity contribution in [2.45, 2.75) is 70.8 Å². The average Bonchev–Trinajstić information content (AvgIpc) is 2.51. The fourth-order valence-corrected chi connectivity index (χ4v) is 1.98. The number of carbonyl (C=O) groups is 1. The van der Waals surface area contributed by atoms with Gasteiger partial charge in [-0.25, -0.2) is 0 Å². The number of allylic oxidation sites excluding steroid dienone is 7. The van der Waals surface area contributed by atoms with Gasteiger partial charge in [0.25, 0.3) is 0 Å². The first kappa shape index (κ1) is 21.4. The molecule has 0 fully saturated rings. The molecule has 0 radical (unpaired) electrons. The summed E-state index contributed by atoms with van der Waals surface area (Å²) in [4.78, 5) is 10.3. The van der Waals surface area contributed by atoms with Crippen LogP contribution in [0.5, 0.6) is 0 Å². The van der Waals surface area contributed by atoms with E-state index >= 15 is 0 Å². The molecule has 0 aliphatic carbocycles. The highest BCUT2D eigenvalue weighted by atomic mass is 16.4. The van der Waals surface area contributed by atoms with Gasteiger partial charge < -0.3 is 10.2 Å². The third kappa shape index (κ3) is 18.3. The Bertz CT molecular complexity index is 392. The maximum Gasteiger partial charge on any atom is 0.303 e. The first-order valence-electron chi connectivity index (χ1n) is 8.70. The molecule has 0 saturated carbocycles. The summed E-state index contributed by atoms with van der Waals surface area (Å²) in [5, 5.41) is 18.1. The zero-order chi connectivity index (χ0) is 17.2. The molecule has 0 rings (SSSR count). The van der Waals surface area contributed by atoms with Crippen LogP contribution in [0.2, 0.25) is 0 Å². The van der Waals surface area contributed by atoms with E-state index in [0.717, 1.165) is 12.8 Å². The molecule has 0 aromatic rings. The molecule has 0 aliphatic rings. The maximum atomic E-state index is 10.3. The molecule has 0 aromatic carbocycles. The summed E-state index contributed by atoms with van der Waals surface area (Å²) >= 11 is 0. The molecule has 0 saturated heterocycles. The van der Waals surface area contributed by atoms with Gasteiger partial charge in [0, 0.05) is 6.42 Å². The number of aliphatic carboxylic acids is 1. The number of aliphatic hydroxyl groups excluding tert-OH is 1. The van der Waals surface area contributed by atoms with Crippen LogP contribution in [-0.4, -0.2) is 22.3 Å². The van der Waals surface area contributed by atoms with Crippen molar-refractivity contribution in [2.24, 2.45) is 0 Å². The smallest absolute Gasteiger partial charge is 0.303 e. The van der Waals surface area contributed by atoms with Crippen molar-refractivity contribution < 1.29 is 15.0 Å². The zero-order valence-corrected chi connectivity index (χ0v) is 14.4. The number of hydrogen-bond acceptors (Lipinski definition) is 2. The molecule has 0 heterocycles. The third-order valence-electron chi connectivity index (χ3n) is 3.32. The topological polar surface area (TPSA) is 57.5 Å². The van der Waals surface area contributed by atoms with Gasteiger partial charge in [0.2, 0.25) is 0 Å². The molecular formula is C20H32O3. The minimum absolute atomic E-state index is 0.110. The first-order valence-corrected chi connectivity index (χ1v) is 8.70. The number of rotatable bonds is 14. The SMILES string of the molecule is CCCCC/C=C\C/C=C\C/C=C/C=C/[C@@H](O)CCCC(=O)O. The molecule has 130 valence electrons. The molecule has 0 aromatic heterocycles. The lowest BCUT2D eigenvalue weighted by atomic mass is 10.1. The van der Waals surface area contributed by atoms with E-state index in [9.17, 15) is 9.90 Å². The van der Waals surface area contributed by atoms with E-state index in [1.807, 2.05) is 18.2 Å². The van der Waals surface area contributed by atoms with Crippen molar-refractivity contribution >= 4 is 5.97 Å². The van der Waals surface area contributed by atoms with Crippen LogP contribution < -0.4 is 0 Å². The fraction of sp³-hybridized carbons (Fsp3) is 0.550. The Hall–Kier alpha value is -1.61. The molecule has 3 nitrogen and oxygen atoms in total. The van der Waals surface area contributed by atoms with Crippen LogP contribution in [0.1, 0.15) is 64.7 Å². The van der Waals surface area contributed by atoms with Crippen molar-refractivity contribution in [3.63, 3.8) is 0 Å². The van der Waals surface area contributed by atoms with Crippen LogP contribution in [0.4, 0.5) is 0 Å². The molecule has 0 spiro atoms. The van der Waals surface area contributed by atoms with Gasteiger partial charge in [-0.2, -0.15) is 0 Å². The second-order valence-electron chi connectivity index (χ2n) is 5.58. The van der Waals surface area contributed by atoms with Gasteiger partial charge in [-0.15, -0.1) is 0 Å². The quantitative estimate of drug-likeness (QED) is 0.263. The molecule has 0 aliphatic heterocycles. The summed E-state index contributed by atoms with van der Waals surface area (Å²) in [5.74, 6) is -0.816. The Kier molecular flexibility index (Phi) is 15.6. The van der Waals surface area contributed by atoms with Crippen LogP contribution >= 0.6 is 0 Å². The van der Waals surface area contributed by atoms with Gasteiger partial charge >= 0.3 is 5.97 Å². The van der Waals surface area contributed by atoms with Gasteiger partial charge in [0.15, 0.2) is 0 Å². The predicted molar refractivity (Wildman–Crippen MR) is 97.4 cm³/mol. The van der Waals surface area contributed by atoms with Gasteiger partial charge in [-0.1, -0.05) is 68.4 Å². The summed E-state index contributed by atoms with van der Waals surface area (Å²) in [6.07, 6.45) is 23.6. The Morgan fingerprint density at radius 1 is 0.957 bits per heavy atom. The van der Waals surface area contributed by atoms with Gasteiger partial charge in [-0.3, -0.25) is 4.79 Å². The highest BCUT2D eigenvalue weighted by Gasteiger charge is 2.01. The monoisotopic (exact) mass is 320 g/mol. The number of carboxylic acid groups (broad SMARTS) is 1. The van der Waals surface area contributed by atoms with Crippen LogP contribution in [0.3, 0.4) is 0 Å². The van der Waals surface area contributed by atoms with Crippen molar-refractivity contribution in [3.05, 3.63) is 48.6 Å². The maximum absolute atomic E-state index is 10.3. The number of unbranched alkanes of at least 4 members (excludes halogenated alkanes) is 3. The number of aliphatic hydroxyl groups is 1. The number of hydrogen-bond donors (Lipinski definition) is 2. The molecule has 0 amide bonds. The van der Waals surface area contributed by atoms with Crippen LogP contribution in [-0.2, 0) is 4.79 Å². The Labute approximate surface area is 141 Å². The predicted octanol–water partition coefficient (Wildman–Crippen LogP) is 5.19. The van der Waals surface area contributed by atoms with Crippen LogP contribution in [0.15, 0.2) is 48.6 Å². The van der Waals surface area contributed by atoms with E-state index in [1.165, 1.54) is 25.7 Å². The van der Waals surface area contributed by atoms with E-state index in [2.05, 4.69) is 31.2 Å². The van der Waals surface area contributed by atoms with E-state index in [1.54, 1.807) is 6.08 Å². The lowest BCUT2D eigenvalue weighted by molar-refractivity contribution is -0.137. The molecule has 0 unspecified atom stereocenters. The third-order valence-corrected chi connectivity index (χ3v) is 3.32. The largest absolute Gasteiger partial charge is 0.481 e. The second kappa shape index (κ2) is 16.8. The molecule has 2 N–H and O–H groups in total. The minimum atomic E-state index is -0.816. The average molecular weight is 320 g/mol. The normalized spacial score (nSPS) is 13.8. The summed E-state index contributed by atoms with van der Waals surface area (Å²) < 4.78 is 0. The van der Waals surface area contributed by atoms with Crippen molar-refractivity contribution in [3.8, 4) is 0 Å². The van der Waals surface area contributed by atoms with E-state index in [-0.39, 0.29) is 6.42 Å². The first-order chi connectivity index (χ1) is 11.2. The highest BCUT2D eigenvalue weighted by Crippen LogP contribution is 2.03. The zero-order valence-electron chi connectivity index (χ0n) is 14.4. The molecule has 0 bridgehead atoms. The van der Waals surface area contributed by atoms with E-state index < -0.39 is 12.1 Å². The summed E-state index contributed by atoms with van der Waals surface area (Å²) in [7, 11) is 0. The van der Waals surface area contributed by atoms with Crippen molar-refractivity contribution in [1.29, 1.82) is 0 Å². The fourth-order valence-electron chi connectivity index (χ4n) is 1.98.